The van der Waals surface area contributed by atoms with Crippen LogP contribution in [0.5, 0.6) is 0 Å². The number of amides is 1. The first-order chi connectivity index (χ1) is 8.66. The zero-order valence-electron chi connectivity index (χ0n) is 10.6. The van der Waals surface area contributed by atoms with Gasteiger partial charge in [-0.2, -0.15) is 0 Å². The van der Waals surface area contributed by atoms with Crippen LogP contribution in [0.4, 0.5) is 5.69 Å². The van der Waals surface area contributed by atoms with E-state index in [1.165, 1.54) is 0 Å². The van der Waals surface area contributed by atoms with E-state index >= 15 is 0 Å². The van der Waals surface area contributed by atoms with Gasteiger partial charge in [0.2, 0.25) is 5.91 Å². The molecule has 1 unspecified atom stereocenters. The monoisotopic (exact) mass is 245 g/mol. The third-order valence-electron chi connectivity index (χ3n) is 4.04. The second-order valence-electron chi connectivity index (χ2n) is 5.30. The Morgan fingerprint density at radius 2 is 2.06 bits per heavy atom. The first-order valence-corrected chi connectivity index (χ1v) is 6.57. The molecule has 2 aliphatic rings. The van der Waals surface area contributed by atoms with Gasteiger partial charge in [-0.25, -0.2) is 0 Å². The number of para-hydroxylation sites is 1. The van der Waals surface area contributed by atoms with Crippen molar-refractivity contribution in [1.82, 2.24) is 4.90 Å². The van der Waals surface area contributed by atoms with Gasteiger partial charge < -0.3 is 11.1 Å². The molecule has 4 heteroatoms. The summed E-state index contributed by atoms with van der Waals surface area (Å²) in [7, 11) is 0. The number of likely N-dealkylation sites (tertiary alicyclic amines) is 1. The molecule has 96 valence electrons. The fraction of sp³-hybridized carbons (Fsp3) is 0.500. The van der Waals surface area contributed by atoms with E-state index in [0.29, 0.717) is 6.04 Å². The van der Waals surface area contributed by atoms with Crippen LogP contribution in [-0.4, -0.2) is 29.9 Å². The standard InChI is InChI=1S/C14H19N3O/c1-9-3-2-4-11-12(9)16-14(18)13(11)17-7-5-10(15)6-8-17/h2-4,10,13H,5-8,15H2,1H3,(H,16,18). The summed E-state index contributed by atoms with van der Waals surface area (Å²) in [5.41, 5.74) is 9.18. The van der Waals surface area contributed by atoms with Gasteiger partial charge >= 0.3 is 0 Å². The van der Waals surface area contributed by atoms with Crippen molar-refractivity contribution in [1.29, 1.82) is 0 Å². The zero-order chi connectivity index (χ0) is 12.7. The minimum atomic E-state index is -0.118. The average Bonchev–Trinajstić information content (AvgIpc) is 2.69. The van der Waals surface area contributed by atoms with E-state index in [0.717, 1.165) is 42.7 Å². The molecule has 0 spiro atoms. The first-order valence-electron chi connectivity index (χ1n) is 6.57. The molecule has 0 aliphatic carbocycles. The van der Waals surface area contributed by atoms with E-state index in [4.69, 9.17) is 5.73 Å². The maximum atomic E-state index is 12.2. The number of hydrogen-bond donors (Lipinski definition) is 2. The number of fused-ring (bicyclic) bond motifs is 1. The summed E-state index contributed by atoms with van der Waals surface area (Å²) in [6.45, 7) is 3.85. The molecule has 1 aromatic carbocycles. The number of rotatable bonds is 1. The Bertz CT molecular complexity index is 478. The molecule has 4 nitrogen and oxygen atoms in total. The highest BCUT2D eigenvalue weighted by Gasteiger charge is 2.36. The molecule has 3 N–H and O–H groups in total. The second kappa shape index (κ2) is 4.37. The Balaban J connectivity index is 1.90. The Kier molecular flexibility index (Phi) is 2.84. The van der Waals surface area contributed by atoms with Crippen molar-refractivity contribution in [2.45, 2.75) is 31.8 Å². The van der Waals surface area contributed by atoms with Gasteiger partial charge in [0.25, 0.3) is 0 Å². The van der Waals surface area contributed by atoms with Crippen molar-refractivity contribution in [3.63, 3.8) is 0 Å². The van der Waals surface area contributed by atoms with E-state index in [-0.39, 0.29) is 11.9 Å². The van der Waals surface area contributed by atoms with Gasteiger partial charge in [0.15, 0.2) is 0 Å². The molecule has 0 saturated carbocycles. The number of nitrogens with one attached hydrogen (secondary N) is 1. The zero-order valence-corrected chi connectivity index (χ0v) is 10.6. The molecule has 0 aromatic heterocycles. The van der Waals surface area contributed by atoms with E-state index in [2.05, 4.69) is 16.3 Å². The molecular weight excluding hydrogens is 226 g/mol. The van der Waals surface area contributed by atoms with Crippen LogP contribution in [0.3, 0.4) is 0 Å². The summed E-state index contributed by atoms with van der Waals surface area (Å²) < 4.78 is 0. The van der Waals surface area contributed by atoms with Crippen LogP contribution in [0.25, 0.3) is 0 Å². The van der Waals surface area contributed by atoms with Gasteiger partial charge in [0, 0.05) is 30.4 Å². The molecule has 0 bridgehead atoms. The highest BCUT2D eigenvalue weighted by Crippen LogP contribution is 2.37. The van der Waals surface area contributed by atoms with E-state index in [1.54, 1.807) is 0 Å². The summed E-state index contributed by atoms with van der Waals surface area (Å²) in [5.74, 6) is 0.106. The molecule has 1 aromatic rings. The lowest BCUT2D eigenvalue weighted by atomic mass is 9.99. The van der Waals surface area contributed by atoms with Gasteiger partial charge in [0.1, 0.15) is 6.04 Å². The summed E-state index contributed by atoms with van der Waals surface area (Å²) in [6, 6.07) is 6.29. The number of carbonyl (C=O) groups excluding carboxylic acids is 1. The topological polar surface area (TPSA) is 58.4 Å². The summed E-state index contributed by atoms with van der Waals surface area (Å²) in [4.78, 5) is 14.4. The largest absolute Gasteiger partial charge is 0.328 e. The maximum Gasteiger partial charge on any atom is 0.246 e. The Morgan fingerprint density at radius 1 is 1.33 bits per heavy atom. The lowest BCUT2D eigenvalue weighted by molar-refractivity contribution is -0.121. The molecule has 1 atom stereocenters. The second-order valence-corrected chi connectivity index (χ2v) is 5.30. The molecule has 1 fully saturated rings. The number of benzene rings is 1. The predicted octanol–water partition coefficient (Wildman–Crippen LogP) is 1.41. The van der Waals surface area contributed by atoms with Crippen molar-refractivity contribution < 1.29 is 4.79 Å². The SMILES string of the molecule is Cc1cccc2c1NC(=O)C2N1CCC(N)CC1. The van der Waals surface area contributed by atoms with E-state index < -0.39 is 0 Å². The Labute approximate surface area is 107 Å². The average molecular weight is 245 g/mol. The van der Waals surface area contributed by atoms with Gasteiger partial charge in [-0.3, -0.25) is 9.69 Å². The van der Waals surface area contributed by atoms with Crippen molar-refractivity contribution in [2.24, 2.45) is 5.73 Å². The maximum absolute atomic E-state index is 12.2. The van der Waals surface area contributed by atoms with Crippen molar-refractivity contribution in [3.8, 4) is 0 Å². The normalized spacial score (nSPS) is 25.0. The minimum absolute atomic E-state index is 0.106. The van der Waals surface area contributed by atoms with Crippen LogP contribution in [0, 0.1) is 6.92 Å². The van der Waals surface area contributed by atoms with Crippen molar-refractivity contribution in [3.05, 3.63) is 29.3 Å². The lowest BCUT2D eigenvalue weighted by Crippen LogP contribution is -2.43. The third kappa shape index (κ3) is 1.82. The van der Waals surface area contributed by atoms with Crippen molar-refractivity contribution >= 4 is 11.6 Å². The number of nitrogens with two attached hydrogens (primary N) is 1. The molecule has 3 rings (SSSR count). The van der Waals surface area contributed by atoms with Crippen LogP contribution in [-0.2, 0) is 4.79 Å². The number of carbonyl (C=O) groups is 1. The number of piperidine rings is 1. The Morgan fingerprint density at radius 3 is 2.78 bits per heavy atom. The molecule has 0 radical (unpaired) electrons. The van der Waals surface area contributed by atoms with Crippen LogP contribution in [0.2, 0.25) is 0 Å². The van der Waals surface area contributed by atoms with E-state index in [9.17, 15) is 4.79 Å². The molecular formula is C14H19N3O. The summed E-state index contributed by atoms with van der Waals surface area (Å²) >= 11 is 0. The van der Waals surface area contributed by atoms with E-state index in [1.807, 2.05) is 19.1 Å². The molecule has 2 heterocycles. The van der Waals surface area contributed by atoms with Gasteiger partial charge in [-0.1, -0.05) is 18.2 Å². The highest BCUT2D eigenvalue weighted by molar-refractivity contribution is 6.03. The van der Waals surface area contributed by atoms with Crippen LogP contribution >= 0.6 is 0 Å². The van der Waals surface area contributed by atoms with Gasteiger partial charge in [-0.05, 0) is 25.3 Å². The van der Waals surface area contributed by atoms with Crippen molar-refractivity contribution in [2.75, 3.05) is 18.4 Å². The number of hydrogen-bond acceptors (Lipinski definition) is 3. The fourth-order valence-corrected chi connectivity index (χ4v) is 2.96. The Hall–Kier alpha value is -1.39. The molecule has 1 amide bonds. The number of nitrogens with zero attached hydrogens (tertiary/aromatic N) is 1. The molecule has 1 saturated heterocycles. The van der Waals surface area contributed by atoms with Crippen LogP contribution in [0.15, 0.2) is 18.2 Å². The van der Waals surface area contributed by atoms with Crippen LogP contribution < -0.4 is 11.1 Å². The highest BCUT2D eigenvalue weighted by atomic mass is 16.2. The molecule has 2 aliphatic heterocycles. The third-order valence-corrected chi connectivity index (χ3v) is 4.04. The van der Waals surface area contributed by atoms with Gasteiger partial charge in [0.05, 0.1) is 0 Å². The summed E-state index contributed by atoms with van der Waals surface area (Å²) in [5, 5.41) is 3.01. The smallest absolute Gasteiger partial charge is 0.246 e. The van der Waals surface area contributed by atoms with Gasteiger partial charge in [-0.15, -0.1) is 0 Å². The quantitative estimate of drug-likeness (QED) is 0.786. The number of aryl methyl sites for hydroxylation is 1. The van der Waals surface area contributed by atoms with Crippen LogP contribution in [0.1, 0.15) is 30.0 Å². The minimum Gasteiger partial charge on any atom is -0.328 e. The molecule has 18 heavy (non-hydrogen) atoms. The predicted molar refractivity (Wildman–Crippen MR) is 71.3 cm³/mol. The first kappa shape index (κ1) is 11.7. The lowest BCUT2D eigenvalue weighted by Gasteiger charge is -2.33. The fourth-order valence-electron chi connectivity index (χ4n) is 2.96. The number of anilines is 1. The summed E-state index contributed by atoms with van der Waals surface area (Å²) in [6.07, 6.45) is 1.95.